The molecular weight excluding hydrogens is 270 g/mol. The maximum Gasteiger partial charge on any atom is 0.0701 e. The van der Waals surface area contributed by atoms with Crippen molar-refractivity contribution in [3.8, 4) is 0 Å². The van der Waals surface area contributed by atoms with E-state index in [0.717, 1.165) is 17.8 Å². The number of halogens is 1. The number of fused-ring (bicyclic) bond motifs is 2. The second-order valence-electron chi connectivity index (χ2n) is 5.01. The summed E-state index contributed by atoms with van der Waals surface area (Å²) < 4.78 is 1.20. The van der Waals surface area contributed by atoms with E-state index in [-0.39, 0.29) is 6.04 Å². The zero-order valence-electron chi connectivity index (χ0n) is 8.66. The molecule has 0 aromatic carbocycles. The van der Waals surface area contributed by atoms with Gasteiger partial charge in [0, 0.05) is 10.9 Å². The van der Waals surface area contributed by atoms with Gasteiger partial charge in [0.2, 0.25) is 0 Å². The minimum Gasteiger partial charge on any atom is -0.323 e. The first kappa shape index (κ1) is 10.3. The Labute approximate surface area is 103 Å². The lowest BCUT2D eigenvalue weighted by molar-refractivity contribution is 0.287. The first-order chi connectivity index (χ1) is 7.24. The molecule has 1 aromatic heterocycles. The molecule has 1 heterocycles. The van der Waals surface area contributed by atoms with Crippen LogP contribution in [0.3, 0.4) is 0 Å². The van der Waals surface area contributed by atoms with Crippen LogP contribution in [-0.2, 0) is 0 Å². The molecule has 0 aliphatic heterocycles. The quantitative estimate of drug-likeness (QED) is 0.875. The van der Waals surface area contributed by atoms with Crippen molar-refractivity contribution >= 4 is 27.3 Å². The van der Waals surface area contributed by atoms with Crippen LogP contribution in [0.2, 0.25) is 0 Å². The summed E-state index contributed by atoms with van der Waals surface area (Å²) >= 11 is 5.31. The molecule has 0 radical (unpaired) electrons. The number of thiophene rings is 1. The third-order valence-corrected chi connectivity index (χ3v) is 5.90. The van der Waals surface area contributed by atoms with Crippen molar-refractivity contribution in [2.24, 2.45) is 23.5 Å². The maximum absolute atomic E-state index is 6.39. The highest BCUT2D eigenvalue weighted by Crippen LogP contribution is 2.52. The molecule has 1 nitrogen and oxygen atoms in total. The number of hydrogen-bond donors (Lipinski definition) is 1. The molecule has 2 N–H and O–H groups in total. The van der Waals surface area contributed by atoms with Crippen LogP contribution in [0, 0.1) is 17.8 Å². The highest BCUT2D eigenvalue weighted by atomic mass is 79.9. The van der Waals surface area contributed by atoms with Crippen LogP contribution < -0.4 is 5.73 Å². The van der Waals surface area contributed by atoms with E-state index in [1.807, 2.05) is 0 Å². The number of rotatable bonds is 2. The third-order valence-electron chi connectivity index (χ3n) is 4.18. The van der Waals surface area contributed by atoms with E-state index in [1.54, 1.807) is 11.3 Å². The molecule has 2 bridgehead atoms. The molecule has 0 saturated heterocycles. The molecule has 3 heteroatoms. The molecule has 3 rings (SSSR count). The summed E-state index contributed by atoms with van der Waals surface area (Å²) in [6, 6.07) is 4.59. The molecular formula is C12H16BrNS. The highest BCUT2D eigenvalue weighted by molar-refractivity contribution is 9.11. The molecule has 2 aliphatic carbocycles. The van der Waals surface area contributed by atoms with Gasteiger partial charge in [0.1, 0.15) is 0 Å². The normalized spacial score (nSPS) is 36.0. The number of hydrogen-bond acceptors (Lipinski definition) is 2. The molecule has 82 valence electrons. The lowest BCUT2D eigenvalue weighted by atomic mass is 9.83. The summed E-state index contributed by atoms with van der Waals surface area (Å²) in [4.78, 5) is 1.36. The van der Waals surface area contributed by atoms with E-state index < -0.39 is 0 Å². The van der Waals surface area contributed by atoms with Crippen molar-refractivity contribution in [1.29, 1.82) is 0 Å². The Kier molecular flexibility index (Phi) is 2.65. The van der Waals surface area contributed by atoms with Gasteiger partial charge in [0.25, 0.3) is 0 Å². The van der Waals surface area contributed by atoms with Gasteiger partial charge in [-0.05, 0) is 65.1 Å². The van der Waals surface area contributed by atoms with Crippen LogP contribution in [0.5, 0.6) is 0 Å². The summed E-state index contributed by atoms with van der Waals surface area (Å²) in [6.07, 6.45) is 5.71. The Balaban J connectivity index is 1.77. The molecule has 2 fully saturated rings. The minimum absolute atomic E-state index is 0.289. The van der Waals surface area contributed by atoms with Gasteiger partial charge in [-0.3, -0.25) is 0 Å². The molecule has 15 heavy (non-hydrogen) atoms. The highest BCUT2D eigenvalue weighted by Gasteiger charge is 2.42. The predicted molar refractivity (Wildman–Crippen MR) is 67.9 cm³/mol. The molecule has 1 aromatic rings. The largest absolute Gasteiger partial charge is 0.323 e. The van der Waals surface area contributed by atoms with Gasteiger partial charge < -0.3 is 5.73 Å². The Morgan fingerprint density at radius 1 is 1.33 bits per heavy atom. The SMILES string of the molecule is NC(c1ccc(Br)s1)C1CC2CCC1C2. The van der Waals surface area contributed by atoms with E-state index >= 15 is 0 Å². The van der Waals surface area contributed by atoms with Crippen LogP contribution in [-0.4, -0.2) is 0 Å². The lowest BCUT2D eigenvalue weighted by Gasteiger charge is -2.26. The fourth-order valence-corrected chi connectivity index (χ4v) is 4.95. The monoisotopic (exact) mass is 285 g/mol. The van der Waals surface area contributed by atoms with Crippen LogP contribution in [0.1, 0.15) is 36.6 Å². The Bertz CT molecular complexity index is 362. The molecule has 0 spiro atoms. The fourth-order valence-electron chi connectivity index (χ4n) is 3.45. The Hall–Kier alpha value is 0.140. The maximum atomic E-state index is 6.39. The van der Waals surface area contributed by atoms with E-state index in [4.69, 9.17) is 5.73 Å². The average Bonchev–Trinajstić information content (AvgIpc) is 2.90. The summed E-state index contributed by atoms with van der Waals surface area (Å²) in [7, 11) is 0. The van der Waals surface area contributed by atoms with E-state index in [1.165, 1.54) is 34.3 Å². The molecule has 4 unspecified atom stereocenters. The number of nitrogens with two attached hydrogens (primary N) is 1. The van der Waals surface area contributed by atoms with Gasteiger partial charge in [-0.2, -0.15) is 0 Å². The second kappa shape index (κ2) is 3.86. The Morgan fingerprint density at radius 3 is 2.73 bits per heavy atom. The lowest BCUT2D eigenvalue weighted by Crippen LogP contribution is -2.25. The van der Waals surface area contributed by atoms with Crippen molar-refractivity contribution in [1.82, 2.24) is 0 Å². The first-order valence-corrected chi connectivity index (χ1v) is 7.36. The zero-order valence-corrected chi connectivity index (χ0v) is 11.1. The summed E-state index contributed by atoms with van der Waals surface area (Å²) in [5.41, 5.74) is 6.39. The molecule has 2 saturated carbocycles. The van der Waals surface area contributed by atoms with Gasteiger partial charge >= 0.3 is 0 Å². The van der Waals surface area contributed by atoms with Crippen LogP contribution >= 0.6 is 27.3 Å². The van der Waals surface area contributed by atoms with Crippen molar-refractivity contribution in [3.63, 3.8) is 0 Å². The second-order valence-corrected chi connectivity index (χ2v) is 7.50. The topological polar surface area (TPSA) is 26.0 Å². The summed E-state index contributed by atoms with van der Waals surface area (Å²) in [5.74, 6) is 2.68. The third kappa shape index (κ3) is 1.79. The van der Waals surface area contributed by atoms with Crippen LogP contribution in [0.25, 0.3) is 0 Å². The van der Waals surface area contributed by atoms with Crippen molar-refractivity contribution in [2.75, 3.05) is 0 Å². The van der Waals surface area contributed by atoms with Crippen LogP contribution in [0.4, 0.5) is 0 Å². The van der Waals surface area contributed by atoms with Gasteiger partial charge in [-0.1, -0.05) is 6.42 Å². The summed E-state index contributed by atoms with van der Waals surface area (Å²) in [5, 5.41) is 0. The van der Waals surface area contributed by atoms with Gasteiger partial charge in [-0.15, -0.1) is 11.3 Å². The molecule has 0 amide bonds. The smallest absolute Gasteiger partial charge is 0.0701 e. The van der Waals surface area contributed by atoms with Gasteiger partial charge in [0.15, 0.2) is 0 Å². The van der Waals surface area contributed by atoms with E-state index in [2.05, 4.69) is 28.1 Å². The molecule has 4 atom stereocenters. The van der Waals surface area contributed by atoms with E-state index in [0.29, 0.717) is 0 Å². The minimum atomic E-state index is 0.289. The van der Waals surface area contributed by atoms with Crippen molar-refractivity contribution in [2.45, 2.75) is 31.7 Å². The zero-order chi connectivity index (χ0) is 10.4. The van der Waals surface area contributed by atoms with E-state index in [9.17, 15) is 0 Å². The van der Waals surface area contributed by atoms with Crippen molar-refractivity contribution < 1.29 is 0 Å². The van der Waals surface area contributed by atoms with Gasteiger partial charge in [0.05, 0.1) is 3.79 Å². The Morgan fingerprint density at radius 2 is 2.20 bits per heavy atom. The fraction of sp³-hybridized carbons (Fsp3) is 0.667. The standard InChI is InChI=1S/C12H16BrNS/c13-11-4-3-10(15-11)12(14)9-6-7-1-2-8(9)5-7/h3-4,7-9,12H,1-2,5-6,14H2. The average molecular weight is 286 g/mol. The predicted octanol–water partition coefficient (Wildman–Crippen LogP) is 3.95. The van der Waals surface area contributed by atoms with Crippen molar-refractivity contribution in [3.05, 3.63) is 20.8 Å². The first-order valence-electron chi connectivity index (χ1n) is 5.75. The molecule has 2 aliphatic rings. The van der Waals surface area contributed by atoms with Gasteiger partial charge in [-0.25, -0.2) is 0 Å². The van der Waals surface area contributed by atoms with Crippen LogP contribution in [0.15, 0.2) is 15.9 Å². The summed E-state index contributed by atoms with van der Waals surface area (Å²) in [6.45, 7) is 0.